The van der Waals surface area contributed by atoms with Crippen molar-refractivity contribution in [3.05, 3.63) is 77.5 Å². The lowest BCUT2D eigenvalue weighted by atomic mass is 9.82. The van der Waals surface area contributed by atoms with E-state index >= 15 is 0 Å². The Kier molecular flexibility index (Phi) is 5.82. The van der Waals surface area contributed by atoms with Crippen molar-refractivity contribution in [1.82, 2.24) is 10.2 Å². The summed E-state index contributed by atoms with van der Waals surface area (Å²) in [6, 6.07) is 16.0. The van der Waals surface area contributed by atoms with Gasteiger partial charge in [0.25, 0.3) is 0 Å². The van der Waals surface area contributed by atoms with E-state index in [9.17, 15) is 19.5 Å². The second kappa shape index (κ2) is 8.31. The van der Waals surface area contributed by atoms with E-state index in [1.807, 2.05) is 36.4 Å². The number of rotatable bonds is 6. The van der Waals surface area contributed by atoms with E-state index in [0.717, 1.165) is 11.1 Å². The Hall–Kier alpha value is -3.41. The maximum Gasteiger partial charge on any atom is 0.315 e. The first-order chi connectivity index (χ1) is 13.8. The maximum absolute atomic E-state index is 12.7. The number of aliphatic carboxylic acids is 1. The van der Waals surface area contributed by atoms with Gasteiger partial charge in [-0.1, -0.05) is 54.6 Å². The number of nitrogens with zero attached hydrogens (tertiary/aromatic N) is 1. The fourth-order valence-corrected chi connectivity index (χ4v) is 3.54. The van der Waals surface area contributed by atoms with Crippen LogP contribution in [0.3, 0.4) is 0 Å². The van der Waals surface area contributed by atoms with Crippen molar-refractivity contribution in [2.75, 3.05) is 6.54 Å². The highest BCUT2D eigenvalue weighted by Gasteiger charge is 2.36. The number of carbonyl (C=O) groups is 3. The third-order valence-electron chi connectivity index (χ3n) is 5.37. The van der Waals surface area contributed by atoms with Gasteiger partial charge < -0.3 is 15.3 Å². The quantitative estimate of drug-likeness (QED) is 0.791. The Balaban J connectivity index is 1.76. The second-order valence-corrected chi connectivity index (χ2v) is 7.37. The van der Waals surface area contributed by atoms with Gasteiger partial charge in [0, 0.05) is 19.7 Å². The van der Waals surface area contributed by atoms with Gasteiger partial charge in [-0.15, -0.1) is 0 Å². The summed E-state index contributed by atoms with van der Waals surface area (Å²) < 4.78 is 0. The summed E-state index contributed by atoms with van der Waals surface area (Å²) >= 11 is 0. The monoisotopic (exact) mass is 392 g/mol. The average Bonchev–Trinajstić information content (AvgIpc) is 2.72. The van der Waals surface area contributed by atoms with Crippen LogP contribution in [0.15, 0.2) is 60.8 Å². The molecule has 1 aliphatic rings. The van der Waals surface area contributed by atoms with Crippen molar-refractivity contribution in [3.8, 4) is 0 Å². The molecule has 2 N–H and O–H groups in total. The van der Waals surface area contributed by atoms with E-state index in [1.54, 1.807) is 37.4 Å². The molecular formula is C23H24N2O4. The van der Waals surface area contributed by atoms with Crippen LogP contribution in [0.4, 0.5) is 0 Å². The van der Waals surface area contributed by atoms with E-state index in [2.05, 4.69) is 5.32 Å². The molecule has 0 fully saturated rings. The van der Waals surface area contributed by atoms with E-state index in [-0.39, 0.29) is 24.8 Å². The van der Waals surface area contributed by atoms with Crippen molar-refractivity contribution in [2.24, 2.45) is 0 Å². The van der Waals surface area contributed by atoms with Crippen LogP contribution in [0.1, 0.15) is 43.0 Å². The van der Waals surface area contributed by atoms with Crippen molar-refractivity contribution in [2.45, 2.75) is 31.7 Å². The van der Waals surface area contributed by atoms with Crippen LogP contribution < -0.4 is 5.32 Å². The summed E-state index contributed by atoms with van der Waals surface area (Å²) in [6.07, 6.45) is 3.58. The van der Waals surface area contributed by atoms with Crippen LogP contribution >= 0.6 is 0 Å². The molecule has 2 atom stereocenters. The lowest BCUT2D eigenvalue weighted by molar-refractivity contribution is -0.143. The number of amides is 2. The Morgan fingerprint density at radius 3 is 2.38 bits per heavy atom. The second-order valence-electron chi connectivity index (χ2n) is 7.37. The van der Waals surface area contributed by atoms with Crippen molar-refractivity contribution in [3.63, 3.8) is 0 Å². The molecule has 2 aromatic carbocycles. The van der Waals surface area contributed by atoms with Crippen LogP contribution in [0, 0.1) is 0 Å². The number of hydrogen-bond acceptors (Lipinski definition) is 3. The van der Waals surface area contributed by atoms with Crippen LogP contribution in [0.2, 0.25) is 0 Å². The van der Waals surface area contributed by atoms with Crippen molar-refractivity contribution in [1.29, 1.82) is 0 Å². The zero-order valence-electron chi connectivity index (χ0n) is 16.5. The fraction of sp³-hybridized carbons (Fsp3) is 0.261. The minimum absolute atomic E-state index is 0.0462. The molecule has 0 saturated carbocycles. The number of hydrogen-bond donors (Lipinski definition) is 2. The topological polar surface area (TPSA) is 86.7 Å². The highest BCUT2D eigenvalue weighted by molar-refractivity contribution is 5.84. The molecule has 6 nitrogen and oxygen atoms in total. The summed E-state index contributed by atoms with van der Waals surface area (Å²) in [5.41, 5.74) is 1.22. The minimum atomic E-state index is -1.25. The molecule has 0 aromatic heterocycles. The third-order valence-corrected chi connectivity index (χ3v) is 5.37. The lowest BCUT2D eigenvalue weighted by Gasteiger charge is -2.33. The molecule has 0 saturated heterocycles. The zero-order chi connectivity index (χ0) is 21.0. The first-order valence-corrected chi connectivity index (χ1v) is 9.44. The molecule has 1 aliphatic heterocycles. The predicted molar refractivity (Wildman–Crippen MR) is 110 cm³/mol. The van der Waals surface area contributed by atoms with Gasteiger partial charge >= 0.3 is 5.97 Å². The minimum Gasteiger partial charge on any atom is -0.481 e. The normalized spacial score (nSPS) is 17.2. The van der Waals surface area contributed by atoms with E-state index in [0.29, 0.717) is 5.56 Å². The SMILES string of the molecule is CC(=O)N1C=Cc2ccccc2C1CC(=O)NCC(C)(C(=O)O)c1ccccc1. The van der Waals surface area contributed by atoms with Crippen LogP contribution in [-0.4, -0.2) is 34.3 Å². The van der Waals surface area contributed by atoms with Gasteiger partial charge in [0.2, 0.25) is 11.8 Å². The molecule has 0 radical (unpaired) electrons. The molecule has 0 aliphatic carbocycles. The number of benzene rings is 2. The number of nitrogens with one attached hydrogen (secondary N) is 1. The number of carbonyl (C=O) groups excluding carboxylic acids is 2. The van der Waals surface area contributed by atoms with Crippen LogP contribution in [0.5, 0.6) is 0 Å². The molecule has 1 heterocycles. The standard InChI is InChI=1S/C23H24N2O4/c1-16(26)25-13-12-17-8-6-7-11-19(17)20(25)14-21(27)24-15-23(2,22(28)29)18-9-4-3-5-10-18/h3-13,20H,14-15H2,1-2H3,(H,24,27)(H,28,29). The zero-order valence-corrected chi connectivity index (χ0v) is 16.5. The largest absolute Gasteiger partial charge is 0.481 e. The Morgan fingerprint density at radius 2 is 1.72 bits per heavy atom. The molecule has 29 heavy (non-hydrogen) atoms. The number of carboxylic acid groups (broad SMARTS) is 1. The van der Waals surface area contributed by atoms with E-state index in [4.69, 9.17) is 0 Å². The fourth-order valence-electron chi connectivity index (χ4n) is 3.54. The molecule has 0 spiro atoms. The molecule has 2 unspecified atom stereocenters. The molecule has 150 valence electrons. The summed E-state index contributed by atoms with van der Waals surface area (Å²) in [4.78, 5) is 38.2. The van der Waals surface area contributed by atoms with Gasteiger partial charge in [-0.05, 0) is 29.7 Å². The van der Waals surface area contributed by atoms with E-state index in [1.165, 1.54) is 11.8 Å². The number of fused-ring (bicyclic) bond motifs is 1. The Labute approximate surface area is 169 Å². The lowest BCUT2D eigenvalue weighted by Crippen LogP contribution is -2.45. The van der Waals surface area contributed by atoms with Crippen molar-refractivity contribution < 1.29 is 19.5 Å². The molecule has 2 aromatic rings. The van der Waals surface area contributed by atoms with Gasteiger partial charge in [0.15, 0.2) is 0 Å². The van der Waals surface area contributed by atoms with Crippen LogP contribution in [0.25, 0.3) is 6.08 Å². The molecule has 2 amide bonds. The van der Waals surface area contributed by atoms with Gasteiger partial charge in [-0.2, -0.15) is 0 Å². The summed E-state index contributed by atoms with van der Waals surface area (Å²) in [7, 11) is 0. The number of carboxylic acids is 1. The Bertz CT molecular complexity index is 954. The van der Waals surface area contributed by atoms with Gasteiger partial charge in [0.1, 0.15) is 5.41 Å². The van der Waals surface area contributed by atoms with Crippen LogP contribution in [-0.2, 0) is 19.8 Å². The summed E-state index contributed by atoms with van der Waals surface area (Å²) in [5, 5.41) is 12.5. The van der Waals surface area contributed by atoms with E-state index < -0.39 is 17.4 Å². The smallest absolute Gasteiger partial charge is 0.315 e. The third kappa shape index (κ3) is 4.21. The van der Waals surface area contributed by atoms with Gasteiger partial charge in [-0.25, -0.2) is 0 Å². The first-order valence-electron chi connectivity index (χ1n) is 9.44. The summed E-state index contributed by atoms with van der Waals surface area (Å²) in [6.45, 7) is 3.00. The predicted octanol–water partition coefficient (Wildman–Crippen LogP) is 3.11. The summed E-state index contributed by atoms with van der Waals surface area (Å²) in [5.74, 6) is -1.48. The highest BCUT2D eigenvalue weighted by Crippen LogP contribution is 2.33. The molecule has 3 rings (SSSR count). The molecule has 6 heteroatoms. The molecule has 0 bridgehead atoms. The van der Waals surface area contributed by atoms with Gasteiger partial charge in [0.05, 0.1) is 12.5 Å². The maximum atomic E-state index is 12.7. The van der Waals surface area contributed by atoms with Crippen molar-refractivity contribution >= 4 is 23.9 Å². The Morgan fingerprint density at radius 1 is 1.07 bits per heavy atom. The highest BCUT2D eigenvalue weighted by atomic mass is 16.4. The van der Waals surface area contributed by atoms with Gasteiger partial charge in [-0.3, -0.25) is 14.4 Å². The first kappa shape index (κ1) is 20.3. The average molecular weight is 392 g/mol. The molecular weight excluding hydrogens is 368 g/mol.